The molecule has 9 heteroatoms. The van der Waals surface area contributed by atoms with Crippen LogP contribution in [-0.2, 0) is 6.18 Å². The number of allylic oxidation sites excluding steroid dienone is 1. The van der Waals surface area contributed by atoms with Gasteiger partial charge in [0.2, 0.25) is 0 Å². The lowest BCUT2D eigenvalue weighted by Gasteiger charge is -2.32. The number of fused-ring (bicyclic) bond motifs is 1. The molecule has 1 amide bonds. The van der Waals surface area contributed by atoms with Gasteiger partial charge in [-0.1, -0.05) is 24.1 Å². The van der Waals surface area contributed by atoms with Crippen molar-refractivity contribution < 1.29 is 18.0 Å². The van der Waals surface area contributed by atoms with Crippen LogP contribution in [0.2, 0.25) is 5.02 Å². The standard InChI is InChI=1S/C22H20ClF3N4O/c1-12-11-29(14-5-6-16(17(23)9-14)22(24,25)26)21(31)20-15(10-27-30(12)20)19-8-7-18(28-19)13-3-2-4-13/h5-6,8-10,12-13H,2-4,7,11H2,1H3/t12-/m0/s1. The number of rotatable bonds is 3. The third kappa shape index (κ3) is 3.37. The van der Waals surface area contributed by atoms with E-state index in [1.165, 1.54) is 23.5 Å². The summed E-state index contributed by atoms with van der Waals surface area (Å²) in [4.78, 5) is 19.6. The van der Waals surface area contributed by atoms with Crippen molar-refractivity contribution in [2.24, 2.45) is 10.9 Å². The van der Waals surface area contributed by atoms with Crippen molar-refractivity contribution in [2.75, 3.05) is 11.4 Å². The van der Waals surface area contributed by atoms with Crippen LogP contribution in [-0.4, -0.2) is 27.9 Å². The number of carbonyl (C=O) groups is 1. The first-order valence-electron chi connectivity index (χ1n) is 10.3. The Morgan fingerprint density at radius 1 is 1.23 bits per heavy atom. The molecule has 3 heterocycles. The fourth-order valence-corrected chi connectivity index (χ4v) is 4.67. The van der Waals surface area contributed by atoms with Crippen molar-refractivity contribution in [3.8, 4) is 0 Å². The van der Waals surface area contributed by atoms with E-state index in [1.807, 2.05) is 13.0 Å². The molecule has 2 aromatic rings. The number of aliphatic imine (C=N–C) groups is 1. The molecule has 1 atom stereocenters. The lowest BCUT2D eigenvalue weighted by Crippen LogP contribution is -2.43. The number of halogens is 4. The van der Waals surface area contributed by atoms with Crippen molar-refractivity contribution in [3.63, 3.8) is 0 Å². The first kappa shape index (κ1) is 20.3. The van der Waals surface area contributed by atoms with Crippen LogP contribution >= 0.6 is 11.6 Å². The van der Waals surface area contributed by atoms with Gasteiger partial charge in [-0.05, 0) is 43.9 Å². The summed E-state index contributed by atoms with van der Waals surface area (Å²) < 4.78 is 40.9. The second-order valence-corrected chi connectivity index (χ2v) is 8.71. The normalized spacial score (nSPS) is 21.6. The molecule has 0 unspecified atom stereocenters. The summed E-state index contributed by atoms with van der Waals surface area (Å²) in [5, 5.41) is 3.98. The Kier molecular flexibility index (Phi) is 4.73. The number of amides is 1. The zero-order valence-corrected chi connectivity index (χ0v) is 17.5. The number of carbonyl (C=O) groups excluding carboxylic acids is 1. The number of anilines is 1. The van der Waals surface area contributed by atoms with Crippen molar-refractivity contribution in [1.82, 2.24) is 9.78 Å². The summed E-state index contributed by atoms with van der Waals surface area (Å²) in [5.74, 6) is 0.204. The van der Waals surface area contributed by atoms with Gasteiger partial charge in [-0.3, -0.25) is 14.5 Å². The Morgan fingerprint density at radius 3 is 2.65 bits per heavy atom. The number of nitrogens with zero attached hydrogens (tertiary/aromatic N) is 4. The molecule has 0 bridgehead atoms. The van der Waals surface area contributed by atoms with Crippen LogP contribution in [0.4, 0.5) is 18.9 Å². The molecular weight excluding hydrogens is 429 g/mol. The number of hydrogen-bond acceptors (Lipinski definition) is 3. The molecule has 1 saturated carbocycles. The van der Waals surface area contributed by atoms with Gasteiger partial charge in [0.05, 0.1) is 34.1 Å². The minimum Gasteiger partial charge on any atom is -0.305 e. The molecule has 162 valence electrons. The van der Waals surface area contributed by atoms with Crippen LogP contribution in [0.1, 0.15) is 60.3 Å². The largest absolute Gasteiger partial charge is 0.417 e. The molecule has 5 rings (SSSR count). The van der Waals surface area contributed by atoms with Gasteiger partial charge in [0.1, 0.15) is 5.69 Å². The summed E-state index contributed by atoms with van der Waals surface area (Å²) in [7, 11) is 0. The Labute approximate surface area is 182 Å². The van der Waals surface area contributed by atoms with E-state index in [0.717, 1.165) is 36.7 Å². The van der Waals surface area contributed by atoms with E-state index in [2.05, 4.69) is 5.10 Å². The van der Waals surface area contributed by atoms with E-state index in [9.17, 15) is 18.0 Å². The molecule has 2 aliphatic heterocycles. The number of hydrogen-bond donors (Lipinski definition) is 0. The van der Waals surface area contributed by atoms with Crippen LogP contribution in [0, 0.1) is 5.92 Å². The molecule has 31 heavy (non-hydrogen) atoms. The highest BCUT2D eigenvalue weighted by Crippen LogP contribution is 2.39. The molecule has 1 aromatic heterocycles. The second kappa shape index (κ2) is 7.22. The van der Waals surface area contributed by atoms with Crippen LogP contribution in [0.3, 0.4) is 0 Å². The number of alkyl halides is 3. The smallest absolute Gasteiger partial charge is 0.305 e. The molecule has 1 fully saturated rings. The van der Waals surface area contributed by atoms with Gasteiger partial charge < -0.3 is 4.90 Å². The summed E-state index contributed by atoms with van der Waals surface area (Å²) in [5.41, 5.74) is 2.37. The maximum Gasteiger partial charge on any atom is 0.417 e. The minimum absolute atomic E-state index is 0.153. The predicted molar refractivity (Wildman–Crippen MR) is 112 cm³/mol. The van der Waals surface area contributed by atoms with Crippen LogP contribution in [0.5, 0.6) is 0 Å². The van der Waals surface area contributed by atoms with Gasteiger partial charge in [-0.15, -0.1) is 0 Å². The third-order valence-corrected chi connectivity index (χ3v) is 6.61. The monoisotopic (exact) mass is 448 g/mol. The van der Waals surface area contributed by atoms with Crippen molar-refractivity contribution in [2.45, 2.75) is 44.8 Å². The van der Waals surface area contributed by atoms with Crippen LogP contribution in [0.25, 0.3) is 5.70 Å². The molecule has 1 aliphatic carbocycles. The van der Waals surface area contributed by atoms with Gasteiger partial charge in [-0.25, -0.2) is 0 Å². The van der Waals surface area contributed by atoms with Crippen LogP contribution < -0.4 is 4.90 Å². The van der Waals surface area contributed by atoms with Crippen molar-refractivity contribution in [3.05, 3.63) is 52.3 Å². The Hall–Kier alpha value is -2.61. The van der Waals surface area contributed by atoms with E-state index >= 15 is 0 Å². The fraction of sp³-hybridized carbons (Fsp3) is 0.409. The van der Waals surface area contributed by atoms with Gasteiger partial charge in [-0.2, -0.15) is 18.3 Å². The number of benzene rings is 1. The molecule has 3 aliphatic rings. The Bertz CT molecular complexity index is 1130. The van der Waals surface area contributed by atoms with Crippen molar-refractivity contribution in [1.29, 1.82) is 0 Å². The maximum absolute atomic E-state index is 13.4. The van der Waals surface area contributed by atoms with E-state index in [4.69, 9.17) is 16.6 Å². The fourth-order valence-electron chi connectivity index (χ4n) is 4.39. The molecule has 0 radical (unpaired) electrons. The highest BCUT2D eigenvalue weighted by molar-refractivity contribution is 6.31. The van der Waals surface area contributed by atoms with Gasteiger partial charge in [0.25, 0.3) is 5.91 Å². The second-order valence-electron chi connectivity index (χ2n) is 8.30. The molecule has 5 nitrogen and oxygen atoms in total. The maximum atomic E-state index is 13.4. The topological polar surface area (TPSA) is 50.5 Å². The predicted octanol–water partition coefficient (Wildman–Crippen LogP) is 5.76. The lowest BCUT2D eigenvalue weighted by molar-refractivity contribution is -0.137. The quantitative estimate of drug-likeness (QED) is 0.599. The highest BCUT2D eigenvalue weighted by atomic mass is 35.5. The summed E-state index contributed by atoms with van der Waals surface area (Å²) >= 11 is 5.89. The summed E-state index contributed by atoms with van der Waals surface area (Å²) in [6.45, 7) is 2.20. The SMILES string of the molecule is C[C@H]1CN(c2ccc(C(F)(F)F)c(Cl)c2)C(=O)c2c(C3=CCC(C4CCC4)=N3)cnn21. The van der Waals surface area contributed by atoms with E-state index in [1.54, 1.807) is 10.9 Å². The summed E-state index contributed by atoms with van der Waals surface area (Å²) in [6.07, 6.45) is 3.46. The average molecular weight is 449 g/mol. The molecular formula is C22H20ClF3N4O. The zero-order chi connectivity index (χ0) is 21.9. The van der Waals surface area contributed by atoms with E-state index in [0.29, 0.717) is 22.9 Å². The Balaban J connectivity index is 1.49. The molecule has 1 aromatic carbocycles. The van der Waals surface area contributed by atoms with E-state index in [-0.39, 0.29) is 18.5 Å². The van der Waals surface area contributed by atoms with Gasteiger partial charge in [0, 0.05) is 24.4 Å². The minimum atomic E-state index is -4.55. The lowest BCUT2D eigenvalue weighted by atomic mass is 9.81. The van der Waals surface area contributed by atoms with Crippen LogP contribution in [0.15, 0.2) is 35.5 Å². The molecule has 0 spiro atoms. The van der Waals surface area contributed by atoms with Crippen molar-refractivity contribution >= 4 is 34.6 Å². The van der Waals surface area contributed by atoms with E-state index < -0.39 is 16.8 Å². The third-order valence-electron chi connectivity index (χ3n) is 6.30. The first-order valence-corrected chi connectivity index (χ1v) is 10.7. The molecule has 0 saturated heterocycles. The molecule has 0 N–H and O–H groups in total. The first-order chi connectivity index (χ1) is 14.7. The summed E-state index contributed by atoms with van der Waals surface area (Å²) in [6, 6.07) is 3.24. The van der Waals surface area contributed by atoms with Gasteiger partial charge in [0.15, 0.2) is 0 Å². The Morgan fingerprint density at radius 2 is 2.00 bits per heavy atom. The zero-order valence-electron chi connectivity index (χ0n) is 16.8. The highest BCUT2D eigenvalue weighted by Gasteiger charge is 2.37. The number of aromatic nitrogens is 2. The van der Waals surface area contributed by atoms with Gasteiger partial charge >= 0.3 is 6.18 Å². The average Bonchev–Trinajstić information content (AvgIpc) is 3.29.